The third kappa shape index (κ3) is 4.16. The lowest BCUT2D eigenvalue weighted by molar-refractivity contribution is -0.0326. The molecule has 36 heavy (non-hydrogen) atoms. The lowest BCUT2D eigenvalue weighted by Crippen LogP contribution is -2.67. The molecule has 1 aliphatic heterocycles. The van der Waals surface area contributed by atoms with Crippen LogP contribution in [0.4, 0.5) is 4.39 Å². The number of aliphatic hydroxyl groups is 1. The number of aliphatic hydroxyl groups excluding tert-OH is 1. The van der Waals surface area contributed by atoms with E-state index in [2.05, 4.69) is 81.4 Å². The number of hydrogen-bond donors (Lipinski definition) is 1. The van der Waals surface area contributed by atoms with Crippen molar-refractivity contribution in [3.63, 3.8) is 0 Å². The predicted molar refractivity (Wildman–Crippen MR) is 145 cm³/mol. The summed E-state index contributed by atoms with van der Waals surface area (Å²) in [4.78, 5) is 0. The summed E-state index contributed by atoms with van der Waals surface area (Å²) in [7, 11) is -2.68. The average molecular weight is 505 g/mol. The van der Waals surface area contributed by atoms with Crippen molar-refractivity contribution in [1.82, 2.24) is 0 Å². The number of ether oxygens (including phenoxy) is 1. The fraction of sp³-hybridized carbons (Fsp3) is 0.419. The summed E-state index contributed by atoms with van der Waals surface area (Å²) in [6.45, 7) is 8.19. The Hall–Kier alpha value is -2.31. The summed E-state index contributed by atoms with van der Waals surface area (Å²) in [5.74, 6) is 0.149. The molecule has 1 aliphatic carbocycles. The molecule has 0 spiro atoms. The minimum atomic E-state index is -2.68. The van der Waals surface area contributed by atoms with Crippen molar-refractivity contribution in [3.05, 3.63) is 96.3 Å². The SMILES string of the molecule is CC(C)(C)[Si](OC[C@@H]1[C@@H]2C[C@@](c3ccc(F)cc3)(CO2)[C@H]1CCO)(c1ccccc1)c1ccccc1. The van der Waals surface area contributed by atoms with Gasteiger partial charge in [0.25, 0.3) is 8.32 Å². The first-order valence-electron chi connectivity index (χ1n) is 13.1. The Bertz CT molecular complexity index is 1110. The monoisotopic (exact) mass is 504 g/mol. The minimum absolute atomic E-state index is 0.0739. The predicted octanol–water partition coefficient (Wildman–Crippen LogP) is 5.06. The number of benzene rings is 3. The molecule has 2 aliphatic rings. The maximum Gasteiger partial charge on any atom is 0.261 e. The van der Waals surface area contributed by atoms with E-state index in [1.54, 1.807) is 12.1 Å². The zero-order valence-electron chi connectivity index (χ0n) is 21.5. The van der Waals surface area contributed by atoms with Gasteiger partial charge in [0.15, 0.2) is 0 Å². The van der Waals surface area contributed by atoms with Crippen LogP contribution in [-0.2, 0) is 14.6 Å². The highest BCUT2D eigenvalue weighted by Gasteiger charge is 2.60. The number of halogens is 1. The fourth-order valence-corrected chi connectivity index (χ4v) is 11.6. The molecule has 0 amide bonds. The van der Waals surface area contributed by atoms with E-state index >= 15 is 0 Å². The lowest BCUT2D eigenvalue weighted by Gasteiger charge is -2.45. The molecular weight excluding hydrogens is 467 g/mol. The van der Waals surface area contributed by atoms with Gasteiger partial charge in [0.1, 0.15) is 5.82 Å². The maximum absolute atomic E-state index is 13.7. The van der Waals surface area contributed by atoms with Crippen molar-refractivity contribution in [1.29, 1.82) is 0 Å². The Labute approximate surface area is 215 Å². The molecule has 3 aromatic carbocycles. The van der Waals surface area contributed by atoms with E-state index in [4.69, 9.17) is 9.16 Å². The molecule has 2 bridgehead atoms. The van der Waals surface area contributed by atoms with Crippen molar-refractivity contribution in [3.8, 4) is 0 Å². The molecule has 4 atom stereocenters. The van der Waals surface area contributed by atoms with E-state index in [1.165, 1.54) is 10.4 Å². The number of fused-ring (bicyclic) bond motifs is 2. The van der Waals surface area contributed by atoms with Gasteiger partial charge >= 0.3 is 0 Å². The van der Waals surface area contributed by atoms with Gasteiger partial charge in [0, 0.05) is 24.5 Å². The van der Waals surface area contributed by atoms with E-state index in [0.717, 1.165) is 12.0 Å². The van der Waals surface area contributed by atoms with Gasteiger partial charge in [-0.25, -0.2) is 4.39 Å². The molecule has 0 unspecified atom stereocenters. The van der Waals surface area contributed by atoms with E-state index in [1.807, 2.05) is 12.1 Å². The molecule has 3 nitrogen and oxygen atoms in total. The summed E-state index contributed by atoms with van der Waals surface area (Å²) < 4.78 is 27.4. The van der Waals surface area contributed by atoms with Crippen LogP contribution < -0.4 is 10.4 Å². The fourth-order valence-electron chi connectivity index (χ4n) is 6.97. The first kappa shape index (κ1) is 25.3. The lowest BCUT2D eigenvalue weighted by atomic mass is 9.69. The topological polar surface area (TPSA) is 38.7 Å². The van der Waals surface area contributed by atoms with Gasteiger partial charge in [0.05, 0.1) is 12.7 Å². The third-order valence-corrected chi connectivity index (χ3v) is 13.6. The second kappa shape index (κ2) is 9.86. The molecule has 5 rings (SSSR count). The molecule has 5 heteroatoms. The first-order chi connectivity index (χ1) is 17.3. The van der Waals surface area contributed by atoms with Gasteiger partial charge in [-0.05, 0) is 51.9 Å². The Balaban J connectivity index is 1.53. The van der Waals surface area contributed by atoms with Crippen molar-refractivity contribution >= 4 is 18.7 Å². The highest BCUT2D eigenvalue weighted by molar-refractivity contribution is 6.99. The van der Waals surface area contributed by atoms with Crippen LogP contribution >= 0.6 is 0 Å². The Morgan fingerprint density at radius 1 is 0.944 bits per heavy atom. The van der Waals surface area contributed by atoms with Crippen molar-refractivity contribution < 1.29 is 18.7 Å². The molecule has 1 heterocycles. The van der Waals surface area contributed by atoms with Crippen molar-refractivity contribution in [2.75, 3.05) is 19.8 Å². The summed E-state index contributed by atoms with van der Waals surface area (Å²) in [5, 5.41) is 12.5. The zero-order chi connectivity index (χ0) is 25.4. The first-order valence-corrected chi connectivity index (χ1v) is 15.0. The Kier molecular flexibility index (Phi) is 6.94. The van der Waals surface area contributed by atoms with Crippen LogP contribution in [0.1, 0.15) is 39.2 Å². The second-order valence-corrected chi connectivity index (χ2v) is 15.8. The van der Waals surface area contributed by atoms with Gasteiger partial charge in [-0.15, -0.1) is 0 Å². The van der Waals surface area contributed by atoms with Crippen LogP contribution in [0.2, 0.25) is 5.04 Å². The van der Waals surface area contributed by atoms with Gasteiger partial charge in [-0.2, -0.15) is 0 Å². The summed E-state index contributed by atoms with van der Waals surface area (Å²) in [6, 6.07) is 28.3. The maximum atomic E-state index is 13.7. The molecule has 1 N–H and O–H groups in total. The van der Waals surface area contributed by atoms with Gasteiger partial charge in [-0.1, -0.05) is 93.6 Å². The smallest absolute Gasteiger partial charge is 0.261 e. The van der Waals surface area contributed by atoms with E-state index in [0.29, 0.717) is 19.6 Å². The molecule has 1 saturated carbocycles. The average Bonchev–Trinajstić information content (AvgIpc) is 3.44. The molecule has 0 radical (unpaired) electrons. The van der Waals surface area contributed by atoms with E-state index in [9.17, 15) is 9.50 Å². The molecule has 2 fully saturated rings. The van der Waals surface area contributed by atoms with Gasteiger partial charge in [-0.3, -0.25) is 0 Å². The van der Waals surface area contributed by atoms with Crippen LogP contribution in [0.3, 0.4) is 0 Å². The van der Waals surface area contributed by atoms with Crippen LogP contribution in [0, 0.1) is 17.7 Å². The van der Waals surface area contributed by atoms with Gasteiger partial charge < -0.3 is 14.3 Å². The van der Waals surface area contributed by atoms with E-state index < -0.39 is 8.32 Å². The largest absolute Gasteiger partial charge is 0.407 e. The molecule has 0 aromatic heterocycles. The van der Waals surface area contributed by atoms with Crippen LogP contribution in [-0.4, -0.2) is 39.3 Å². The molecule has 190 valence electrons. The van der Waals surface area contributed by atoms with E-state index in [-0.39, 0.29) is 40.8 Å². The van der Waals surface area contributed by atoms with Gasteiger partial charge in [0.2, 0.25) is 0 Å². The summed E-state index contributed by atoms with van der Waals surface area (Å²) in [6.07, 6.45) is 1.65. The Morgan fingerprint density at radius 3 is 2.06 bits per heavy atom. The third-order valence-electron chi connectivity index (χ3n) is 8.59. The molecular formula is C31H37FO3Si. The summed E-state index contributed by atoms with van der Waals surface area (Å²) in [5.41, 5.74) is 0.901. The number of hydrogen-bond acceptors (Lipinski definition) is 3. The van der Waals surface area contributed by atoms with Crippen molar-refractivity contribution in [2.45, 2.75) is 50.2 Å². The normalized spacial score (nSPS) is 25.9. The summed E-state index contributed by atoms with van der Waals surface area (Å²) >= 11 is 0. The number of rotatable bonds is 8. The standard InChI is InChI=1S/C31H37FO3Si/c1-30(2,3)36(25-10-6-4-7-11-25,26-12-8-5-9-13-26)35-21-27-28(18-19-33)31(20-29(27)34-22-31)23-14-16-24(32)17-15-23/h4-17,27-29,33H,18-22H2,1-3H3/t27-,28-,29-,31-/m0/s1. The second-order valence-electron chi connectivity index (χ2n) is 11.5. The highest BCUT2D eigenvalue weighted by Crippen LogP contribution is 2.56. The van der Waals surface area contributed by atoms with Crippen LogP contribution in [0.15, 0.2) is 84.9 Å². The quantitative estimate of drug-likeness (QED) is 0.436. The van der Waals surface area contributed by atoms with Crippen molar-refractivity contribution in [2.24, 2.45) is 11.8 Å². The molecule has 3 aromatic rings. The highest BCUT2D eigenvalue weighted by atomic mass is 28.4. The molecule has 1 saturated heterocycles. The van der Waals surface area contributed by atoms with Crippen LogP contribution in [0.25, 0.3) is 0 Å². The minimum Gasteiger partial charge on any atom is -0.407 e. The Morgan fingerprint density at radius 2 is 1.53 bits per heavy atom. The zero-order valence-corrected chi connectivity index (χ0v) is 22.5. The van der Waals surface area contributed by atoms with Crippen LogP contribution in [0.5, 0.6) is 0 Å².